The minimum atomic E-state index is 0.118. The van der Waals surface area contributed by atoms with E-state index in [9.17, 15) is 4.79 Å². The van der Waals surface area contributed by atoms with Crippen LogP contribution >= 0.6 is 0 Å². The van der Waals surface area contributed by atoms with Gasteiger partial charge >= 0.3 is 0 Å². The third-order valence-electron chi connectivity index (χ3n) is 1.46. The summed E-state index contributed by atoms with van der Waals surface area (Å²) in [6, 6.07) is 4.75. The van der Waals surface area contributed by atoms with E-state index in [2.05, 4.69) is 0 Å². The van der Waals surface area contributed by atoms with Gasteiger partial charge in [0, 0.05) is 5.56 Å². The molecule has 1 aromatic carbocycles. The van der Waals surface area contributed by atoms with Crippen LogP contribution in [0, 0.1) is 0 Å². The number of benzene rings is 1. The number of phenols is 1. The van der Waals surface area contributed by atoms with Crippen LogP contribution in [-0.2, 0) is 0 Å². The fourth-order valence-corrected chi connectivity index (χ4v) is 1.02. The van der Waals surface area contributed by atoms with E-state index in [4.69, 9.17) is 5.11 Å². The Morgan fingerprint density at radius 1 is 1.25 bits per heavy atom. The Morgan fingerprint density at radius 3 is 2.50 bits per heavy atom. The molecule has 0 bridgehead atoms. The largest absolute Gasteiger partial charge is 0.508 e. The van der Waals surface area contributed by atoms with Crippen molar-refractivity contribution >= 4 is 12.4 Å². The van der Waals surface area contributed by atoms with Gasteiger partial charge in [0.25, 0.3) is 0 Å². The van der Waals surface area contributed by atoms with Gasteiger partial charge in [0.15, 0.2) is 0 Å². The minimum absolute atomic E-state index is 0.118. The molecule has 1 N–H and O–H groups in total. The third kappa shape index (κ3) is 1.95. The van der Waals surface area contributed by atoms with Gasteiger partial charge in [-0.05, 0) is 30.7 Å². The molecule has 0 saturated heterocycles. The SMILES string of the molecule is C/C=C/c1cc(O)cc(C=O)c1. The highest BCUT2D eigenvalue weighted by atomic mass is 16.3. The summed E-state index contributed by atoms with van der Waals surface area (Å²) in [5.41, 5.74) is 1.32. The second-order valence-electron chi connectivity index (χ2n) is 2.48. The average Bonchev–Trinajstić information content (AvgIpc) is 2.04. The fraction of sp³-hybridized carbons (Fsp3) is 0.100. The van der Waals surface area contributed by atoms with Crippen molar-refractivity contribution in [1.29, 1.82) is 0 Å². The van der Waals surface area contributed by atoms with Crippen molar-refractivity contribution in [2.45, 2.75) is 6.92 Å². The van der Waals surface area contributed by atoms with Crippen molar-refractivity contribution in [2.24, 2.45) is 0 Å². The molecule has 0 aromatic heterocycles. The number of aldehydes is 1. The topological polar surface area (TPSA) is 37.3 Å². The van der Waals surface area contributed by atoms with Crippen LogP contribution in [-0.4, -0.2) is 11.4 Å². The maximum atomic E-state index is 10.4. The summed E-state index contributed by atoms with van der Waals surface area (Å²) in [4.78, 5) is 10.4. The predicted octanol–water partition coefficient (Wildman–Crippen LogP) is 2.24. The molecule has 2 heteroatoms. The van der Waals surface area contributed by atoms with Crippen LogP contribution in [0.5, 0.6) is 5.75 Å². The van der Waals surface area contributed by atoms with Crippen LogP contribution in [0.2, 0.25) is 0 Å². The van der Waals surface area contributed by atoms with Crippen LogP contribution in [0.1, 0.15) is 22.8 Å². The van der Waals surface area contributed by atoms with Gasteiger partial charge in [-0.15, -0.1) is 0 Å². The van der Waals surface area contributed by atoms with E-state index in [1.807, 2.05) is 19.1 Å². The number of aromatic hydroxyl groups is 1. The molecule has 0 unspecified atom stereocenters. The van der Waals surface area contributed by atoms with E-state index in [0.717, 1.165) is 5.56 Å². The molecule has 0 atom stereocenters. The molecule has 2 nitrogen and oxygen atoms in total. The Bertz CT molecular complexity index is 314. The Kier molecular flexibility index (Phi) is 2.64. The smallest absolute Gasteiger partial charge is 0.150 e. The molecule has 1 aromatic rings. The molecule has 0 saturated carbocycles. The zero-order chi connectivity index (χ0) is 8.97. The summed E-state index contributed by atoms with van der Waals surface area (Å²) in [7, 11) is 0. The van der Waals surface area contributed by atoms with E-state index in [1.165, 1.54) is 6.07 Å². The summed E-state index contributed by atoms with van der Waals surface area (Å²) in [5.74, 6) is 0.118. The molecule has 1 rings (SSSR count). The van der Waals surface area contributed by atoms with Crippen molar-refractivity contribution < 1.29 is 9.90 Å². The first kappa shape index (κ1) is 8.53. The van der Waals surface area contributed by atoms with Crippen molar-refractivity contribution in [3.8, 4) is 5.75 Å². The van der Waals surface area contributed by atoms with Crippen molar-refractivity contribution in [3.63, 3.8) is 0 Å². The second kappa shape index (κ2) is 3.72. The standard InChI is InChI=1S/C10H10O2/c1-2-3-8-4-9(7-11)6-10(12)5-8/h2-7,12H,1H3/b3-2+. The number of hydrogen-bond donors (Lipinski definition) is 1. The van der Waals surface area contributed by atoms with E-state index in [1.54, 1.807) is 12.1 Å². The molecule has 62 valence electrons. The van der Waals surface area contributed by atoms with Gasteiger partial charge in [-0.3, -0.25) is 4.79 Å². The van der Waals surface area contributed by atoms with Crippen LogP contribution < -0.4 is 0 Å². The quantitative estimate of drug-likeness (QED) is 0.677. The van der Waals surface area contributed by atoms with Gasteiger partial charge in [-0.25, -0.2) is 0 Å². The van der Waals surface area contributed by atoms with Gasteiger partial charge in [0.1, 0.15) is 12.0 Å². The molecule has 0 heterocycles. The molecule has 0 aliphatic heterocycles. The molecule has 0 amide bonds. The molecular weight excluding hydrogens is 152 g/mol. The van der Waals surface area contributed by atoms with E-state index < -0.39 is 0 Å². The van der Waals surface area contributed by atoms with Crippen molar-refractivity contribution in [2.75, 3.05) is 0 Å². The molecule has 12 heavy (non-hydrogen) atoms. The number of hydrogen-bond acceptors (Lipinski definition) is 2. The summed E-state index contributed by atoms with van der Waals surface area (Å²) in [6.07, 6.45) is 4.39. The molecule has 0 fully saturated rings. The zero-order valence-electron chi connectivity index (χ0n) is 6.82. The highest BCUT2D eigenvalue weighted by Gasteiger charge is 1.95. The lowest BCUT2D eigenvalue weighted by Crippen LogP contribution is -1.80. The van der Waals surface area contributed by atoms with Crippen molar-refractivity contribution in [1.82, 2.24) is 0 Å². The van der Waals surface area contributed by atoms with E-state index >= 15 is 0 Å². The van der Waals surface area contributed by atoms with Gasteiger partial charge in [0.05, 0.1) is 0 Å². The van der Waals surface area contributed by atoms with Crippen LogP contribution in [0.4, 0.5) is 0 Å². The zero-order valence-corrected chi connectivity index (χ0v) is 6.82. The Hall–Kier alpha value is -1.57. The maximum Gasteiger partial charge on any atom is 0.150 e. The average molecular weight is 162 g/mol. The van der Waals surface area contributed by atoms with Crippen molar-refractivity contribution in [3.05, 3.63) is 35.4 Å². The monoisotopic (exact) mass is 162 g/mol. The highest BCUT2D eigenvalue weighted by Crippen LogP contribution is 2.15. The number of allylic oxidation sites excluding steroid dienone is 1. The molecule has 0 radical (unpaired) electrons. The van der Waals surface area contributed by atoms with Gasteiger partial charge in [-0.1, -0.05) is 12.2 Å². The number of phenolic OH excluding ortho intramolecular Hbond substituents is 1. The minimum Gasteiger partial charge on any atom is -0.508 e. The first-order valence-corrected chi connectivity index (χ1v) is 3.68. The fourth-order valence-electron chi connectivity index (χ4n) is 1.02. The number of rotatable bonds is 2. The predicted molar refractivity (Wildman–Crippen MR) is 48.2 cm³/mol. The number of carbonyl (C=O) groups excluding carboxylic acids is 1. The highest BCUT2D eigenvalue weighted by molar-refractivity contribution is 5.77. The third-order valence-corrected chi connectivity index (χ3v) is 1.46. The lowest BCUT2D eigenvalue weighted by Gasteiger charge is -1.96. The van der Waals surface area contributed by atoms with Crippen LogP contribution in [0.15, 0.2) is 24.3 Å². The maximum absolute atomic E-state index is 10.4. The van der Waals surface area contributed by atoms with Gasteiger partial charge < -0.3 is 5.11 Å². The van der Waals surface area contributed by atoms with Crippen LogP contribution in [0.3, 0.4) is 0 Å². The molecule has 0 spiro atoms. The summed E-state index contributed by atoms with van der Waals surface area (Å²) >= 11 is 0. The Labute approximate surface area is 71.2 Å². The summed E-state index contributed by atoms with van der Waals surface area (Å²) in [5, 5.41) is 9.16. The Balaban J connectivity index is 3.14. The first-order chi connectivity index (χ1) is 5.76. The Morgan fingerprint density at radius 2 is 1.92 bits per heavy atom. The normalized spacial score (nSPS) is 10.4. The number of carbonyl (C=O) groups is 1. The molecule has 0 aliphatic rings. The summed E-state index contributed by atoms with van der Waals surface area (Å²) in [6.45, 7) is 1.88. The molecule has 0 aliphatic carbocycles. The van der Waals surface area contributed by atoms with Gasteiger partial charge in [-0.2, -0.15) is 0 Å². The molecular formula is C10H10O2. The summed E-state index contributed by atoms with van der Waals surface area (Å²) < 4.78 is 0. The lowest BCUT2D eigenvalue weighted by atomic mass is 10.1. The first-order valence-electron chi connectivity index (χ1n) is 3.68. The van der Waals surface area contributed by atoms with E-state index in [0.29, 0.717) is 11.8 Å². The second-order valence-corrected chi connectivity index (χ2v) is 2.48. The lowest BCUT2D eigenvalue weighted by molar-refractivity contribution is 0.112. The van der Waals surface area contributed by atoms with E-state index in [-0.39, 0.29) is 5.75 Å². The van der Waals surface area contributed by atoms with Crippen LogP contribution in [0.25, 0.3) is 6.08 Å². The van der Waals surface area contributed by atoms with Gasteiger partial charge in [0.2, 0.25) is 0 Å².